The third-order valence-corrected chi connectivity index (χ3v) is 10.4. The zero-order chi connectivity index (χ0) is 43.2. The number of benzene rings is 1. The molecule has 20 nitrogen and oxygen atoms in total. The maximum atomic E-state index is 13.7. The molecule has 0 unspecified atom stereocenters. The predicted octanol–water partition coefficient (Wildman–Crippen LogP) is 2.70. The smallest absolute Gasteiger partial charge is 0.297 e. The Morgan fingerprint density at radius 1 is 0.900 bits per heavy atom. The number of anilines is 1. The molecule has 0 spiro atoms. The summed E-state index contributed by atoms with van der Waals surface area (Å²) in [5, 5.41) is 13.1. The molecular weight excluding hydrogens is 793 g/mol. The van der Waals surface area contributed by atoms with Crippen LogP contribution in [-0.4, -0.2) is 93.9 Å². The van der Waals surface area contributed by atoms with Gasteiger partial charge in [-0.25, -0.2) is 15.4 Å². The standard InChI is InChI=1S/C39H46N14O6S/c1-7-52-27(16-22(3)47-52)36(57)45-38-44-26-18-24(33(40)55)19-29(59-15-11-12-31(54)49(6)42-5)32(26)50(38)13-9-10-14-51-35-30(20-25(21-43-35)34(41)56)60-39(51)46-37(58)28-17-23(4)48-53(28)8-2/h9-10,16-21,42H,7-8,11-15H2,1-6H3,(H2,40,55)(H2,41,56)(H,44,45,57)/b10-9+,46-39?. The molecule has 60 heavy (non-hydrogen) atoms. The lowest BCUT2D eigenvalue weighted by molar-refractivity contribution is -0.132. The number of hydrogen-bond donors (Lipinski definition) is 4. The quantitative estimate of drug-likeness (QED) is 0.0590. The van der Waals surface area contributed by atoms with Gasteiger partial charge in [0.25, 0.3) is 11.8 Å². The van der Waals surface area contributed by atoms with Crippen LogP contribution in [0.4, 0.5) is 5.95 Å². The van der Waals surface area contributed by atoms with E-state index >= 15 is 0 Å². The molecule has 0 fully saturated rings. The number of aryl methyl sites for hydroxylation is 4. The Kier molecular flexibility index (Phi) is 13.0. The van der Waals surface area contributed by atoms with Crippen molar-refractivity contribution < 1.29 is 28.7 Å². The molecule has 1 aromatic carbocycles. The lowest BCUT2D eigenvalue weighted by atomic mass is 10.1. The number of fused-ring (bicyclic) bond motifs is 2. The first-order valence-corrected chi connectivity index (χ1v) is 19.9. The van der Waals surface area contributed by atoms with Gasteiger partial charge < -0.3 is 20.8 Å². The SMILES string of the molecule is CCn1nc(C)cc1C(=O)N=c1sc2cc(C(N)=O)cnc2n1C/C=C/Cn1c(NC(=O)c2cc(C)nn2CC)nc2cc(C(N)=O)cc(OCCCC(=O)N(C)NC)c21. The molecule has 0 bridgehead atoms. The number of primary amides is 2. The van der Waals surface area contributed by atoms with Crippen LogP contribution in [0, 0.1) is 13.8 Å². The highest BCUT2D eigenvalue weighted by molar-refractivity contribution is 7.16. The number of nitrogens with two attached hydrogens (primary N) is 2. The van der Waals surface area contributed by atoms with Gasteiger partial charge in [0.2, 0.25) is 23.7 Å². The van der Waals surface area contributed by atoms with E-state index in [9.17, 15) is 24.0 Å². The van der Waals surface area contributed by atoms with Crippen LogP contribution in [0.5, 0.6) is 5.75 Å². The number of hydrogen-bond acceptors (Lipinski definition) is 12. The first-order chi connectivity index (χ1) is 28.7. The highest BCUT2D eigenvalue weighted by atomic mass is 32.1. The van der Waals surface area contributed by atoms with Crippen molar-refractivity contribution in [3.05, 3.63) is 87.4 Å². The Bertz CT molecular complexity index is 2740. The fourth-order valence-corrected chi connectivity index (χ4v) is 7.43. The molecule has 0 saturated carbocycles. The third-order valence-electron chi connectivity index (χ3n) is 9.42. The second kappa shape index (κ2) is 18.3. The fraction of sp³-hybridized carbons (Fsp3) is 0.333. The van der Waals surface area contributed by atoms with E-state index in [2.05, 4.69) is 30.9 Å². The minimum Gasteiger partial charge on any atom is -0.491 e. The number of thiazole rings is 1. The molecule has 6 aromatic rings. The van der Waals surface area contributed by atoms with Crippen molar-refractivity contribution >= 4 is 68.2 Å². The second-order valence-electron chi connectivity index (χ2n) is 13.6. The van der Waals surface area contributed by atoms with Gasteiger partial charge >= 0.3 is 0 Å². The van der Waals surface area contributed by atoms with E-state index in [1.807, 2.05) is 26.0 Å². The van der Waals surface area contributed by atoms with Crippen LogP contribution in [0.1, 0.15) is 79.8 Å². The molecule has 5 amide bonds. The summed E-state index contributed by atoms with van der Waals surface area (Å²) >= 11 is 1.18. The van der Waals surface area contributed by atoms with Crippen LogP contribution in [-0.2, 0) is 31.0 Å². The van der Waals surface area contributed by atoms with Crippen LogP contribution in [0.15, 0.2) is 53.7 Å². The summed E-state index contributed by atoms with van der Waals surface area (Å²) in [5.41, 5.74) is 17.6. The second-order valence-corrected chi connectivity index (χ2v) is 14.6. The topological polar surface area (TPSA) is 258 Å². The normalized spacial score (nSPS) is 11.9. The number of pyridine rings is 1. The predicted molar refractivity (Wildman–Crippen MR) is 223 cm³/mol. The molecule has 5 heterocycles. The van der Waals surface area contributed by atoms with E-state index in [1.54, 1.807) is 64.6 Å². The Morgan fingerprint density at radius 2 is 1.55 bits per heavy atom. The van der Waals surface area contributed by atoms with Gasteiger partial charge in [-0.1, -0.05) is 23.5 Å². The highest BCUT2D eigenvalue weighted by Crippen LogP contribution is 2.32. The third kappa shape index (κ3) is 9.16. The molecule has 0 aliphatic rings. The maximum absolute atomic E-state index is 13.7. The average molecular weight is 839 g/mol. The summed E-state index contributed by atoms with van der Waals surface area (Å²) in [6.45, 7) is 8.71. The number of nitrogens with one attached hydrogen (secondary N) is 2. The van der Waals surface area contributed by atoms with Gasteiger partial charge in [-0.3, -0.25) is 48.2 Å². The molecule has 6 N–H and O–H groups in total. The highest BCUT2D eigenvalue weighted by Gasteiger charge is 2.22. The van der Waals surface area contributed by atoms with Gasteiger partial charge in [0, 0.05) is 58.5 Å². The van der Waals surface area contributed by atoms with Gasteiger partial charge in [-0.2, -0.15) is 15.2 Å². The zero-order valence-corrected chi connectivity index (χ0v) is 34.9. The van der Waals surface area contributed by atoms with E-state index in [-0.39, 0.29) is 54.8 Å². The summed E-state index contributed by atoms with van der Waals surface area (Å²) in [6.07, 6.45) is 5.58. The van der Waals surface area contributed by atoms with E-state index in [0.29, 0.717) is 68.5 Å². The summed E-state index contributed by atoms with van der Waals surface area (Å²) in [7, 11) is 3.26. The van der Waals surface area contributed by atoms with Crippen LogP contribution in [0.25, 0.3) is 21.4 Å². The number of amides is 5. The van der Waals surface area contributed by atoms with Crippen LogP contribution in [0.2, 0.25) is 0 Å². The van der Waals surface area contributed by atoms with Crippen LogP contribution >= 0.6 is 11.3 Å². The molecular formula is C39H46N14O6S. The minimum absolute atomic E-state index is 0.119. The van der Waals surface area contributed by atoms with Crippen LogP contribution < -0.4 is 31.7 Å². The number of hydrazine groups is 1. The van der Waals surface area contributed by atoms with Crippen molar-refractivity contribution in [2.24, 2.45) is 16.5 Å². The molecule has 6 rings (SSSR count). The summed E-state index contributed by atoms with van der Waals surface area (Å²) in [4.78, 5) is 78.1. The first kappa shape index (κ1) is 42.6. The van der Waals surface area contributed by atoms with Gasteiger partial charge in [0.1, 0.15) is 22.7 Å². The Labute approximate surface area is 347 Å². The summed E-state index contributed by atoms with van der Waals surface area (Å²) < 4.78 is 13.4. The molecule has 0 aliphatic carbocycles. The van der Waals surface area contributed by atoms with Gasteiger partial charge in [0.05, 0.1) is 33.8 Å². The van der Waals surface area contributed by atoms with Crippen LogP contribution in [0.3, 0.4) is 0 Å². The molecule has 314 valence electrons. The van der Waals surface area contributed by atoms with Gasteiger partial charge in [0.15, 0.2) is 10.4 Å². The molecule has 0 radical (unpaired) electrons. The number of rotatable bonds is 17. The number of carbonyl (C=O) groups excluding carboxylic acids is 5. The Balaban J connectivity index is 1.39. The van der Waals surface area contributed by atoms with Crippen molar-refractivity contribution in [2.75, 3.05) is 26.0 Å². The van der Waals surface area contributed by atoms with E-state index in [0.717, 1.165) is 0 Å². The number of allylic oxidation sites excluding steroid dienone is 2. The lowest BCUT2D eigenvalue weighted by Crippen LogP contribution is -2.36. The van der Waals surface area contributed by atoms with Crippen molar-refractivity contribution in [2.45, 2.75) is 66.7 Å². The molecule has 0 saturated heterocycles. The van der Waals surface area contributed by atoms with E-state index in [1.165, 1.54) is 34.7 Å². The van der Waals surface area contributed by atoms with E-state index < -0.39 is 23.6 Å². The van der Waals surface area contributed by atoms with Gasteiger partial charge in [-0.05, 0) is 64.4 Å². The molecule has 0 aliphatic heterocycles. The minimum atomic E-state index is -0.708. The number of nitrogens with zero attached hydrogens (tertiary/aromatic N) is 10. The molecule has 0 atom stereocenters. The first-order valence-electron chi connectivity index (χ1n) is 19.1. The monoisotopic (exact) mass is 838 g/mol. The zero-order valence-electron chi connectivity index (χ0n) is 34.1. The fourth-order valence-electron chi connectivity index (χ4n) is 6.39. The Hall–Kier alpha value is -7.00. The van der Waals surface area contributed by atoms with Crippen molar-refractivity contribution in [1.82, 2.24) is 49.1 Å². The maximum Gasteiger partial charge on any atom is 0.297 e. The summed E-state index contributed by atoms with van der Waals surface area (Å²) in [5.74, 6) is -2.03. The number of aromatic nitrogens is 8. The van der Waals surface area contributed by atoms with Crippen molar-refractivity contribution in [1.29, 1.82) is 0 Å². The average Bonchev–Trinajstić information content (AvgIpc) is 3.99. The number of carbonyl (C=O) groups is 5. The number of imidazole rings is 1. The molecule has 21 heteroatoms. The largest absolute Gasteiger partial charge is 0.491 e. The lowest BCUT2D eigenvalue weighted by Gasteiger charge is -2.15. The van der Waals surface area contributed by atoms with Gasteiger partial charge in [-0.15, -0.1) is 0 Å². The van der Waals surface area contributed by atoms with Crippen molar-refractivity contribution in [3.8, 4) is 5.75 Å². The Morgan fingerprint density at radius 3 is 2.20 bits per heavy atom. The number of ether oxygens (including phenoxy) is 1. The van der Waals surface area contributed by atoms with Crippen molar-refractivity contribution in [3.63, 3.8) is 0 Å². The molecule has 5 aromatic heterocycles. The summed E-state index contributed by atoms with van der Waals surface area (Å²) in [6, 6.07) is 7.97. The van der Waals surface area contributed by atoms with E-state index in [4.69, 9.17) is 21.2 Å².